The summed E-state index contributed by atoms with van der Waals surface area (Å²) in [7, 11) is 0. The molecule has 2 rings (SSSR count). The predicted molar refractivity (Wildman–Crippen MR) is 87.2 cm³/mol. The Hall–Kier alpha value is -0.640. The number of hydrogen-bond acceptors (Lipinski definition) is 2. The second-order valence-electron chi connectivity index (χ2n) is 6.36. The van der Waals surface area contributed by atoms with E-state index < -0.39 is 0 Å². The number of rotatable bonds is 5. The molecule has 1 aromatic carbocycles. The first-order valence-corrected chi connectivity index (χ1v) is 8.29. The highest BCUT2D eigenvalue weighted by Gasteiger charge is 2.34. The van der Waals surface area contributed by atoms with Gasteiger partial charge in [0.1, 0.15) is 5.82 Å². The monoisotopic (exact) mass is 312 g/mol. The third-order valence-electron chi connectivity index (χ3n) is 4.64. The highest BCUT2D eigenvalue weighted by Crippen LogP contribution is 2.25. The second-order valence-corrected chi connectivity index (χ2v) is 6.76. The van der Waals surface area contributed by atoms with Gasteiger partial charge in [0.2, 0.25) is 0 Å². The minimum absolute atomic E-state index is 0.110. The van der Waals surface area contributed by atoms with Crippen LogP contribution in [0.5, 0.6) is 0 Å². The average molecular weight is 313 g/mol. The minimum Gasteiger partial charge on any atom is -0.309 e. The van der Waals surface area contributed by atoms with Crippen molar-refractivity contribution in [2.75, 3.05) is 13.1 Å². The minimum atomic E-state index is -0.272. The van der Waals surface area contributed by atoms with Gasteiger partial charge < -0.3 is 5.32 Å². The maximum atomic E-state index is 14.2. The number of hydrogen-bond donors (Lipinski definition) is 1. The number of benzene rings is 1. The van der Waals surface area contributed by atoms with Gasteiger partial charge in [-0.25, -0.2) is 4.39 Å². The molecule has 118 valence electrons. The van der Waals surface area contributed by atoms with Crippen molar-refractivity contribution in [3.8, 4) is 0 Å². The molecule has 2 nitrogen and oxygen atoms in total. The van der Waals surface area contributed by atoms with Crippen LogP contribution in [0.2, 0.25) is 5.02 Å². The van der Waals surface area contributed by atoms with Crippen LogP contribution in [0.15, 0.2) is 18.2 Å². The van der Waals surface area contributed by atoms with E-state index in [0.29, 0.717) is 18.2 Å². The number of halogens is 2. The van der Waals surface area contributed by atoms with Gasteiger partial charge in [0.15, 0.2) is 0 Å². The molecule has 0 saturated carbocycles. The fraction of sp³-hybridized carbons (Fsp3) is 0.647. The summed E-state index contributed by atoms with van der Waals surface area (Å²) in [6.45, 7) is 9.20. The summed E-state index contributed by atoms with van der Waals surface area (Å²) >= 11 is 5.91. The van der Waals surface area contributed by atoms with Crippen molar-refractivity contribution < 1.29 is 4.39 Å². The maximum Gasteiger partial charge on any atom is 0.146 e. The molecule has 0 aromatic heterocycles. The summed E-state index contributed by atoms with van der Waals surface area (Å²) in [6.07, 6.45) is 3.35. The third kappa shape index (κ3) is 3.97. The molecule has 0 spiro atoms. The van der Waals surface area contributed by atoms with E-state index >= 15 is 0 Å². The molecule has 0 bridgehead atoms. The molecule has 0 radical (unpaired) electrons. The van der Waals surface area contributed by atoms with Gasteiger partial charge in [0.05, 0.1) is 5.02 Å². The molecule has 0 aliphatic carbocycles. The van der Waals surface area contributed by atoms with Gasteiger partial charge in [0.25, 0.3) is 0 Å². The standard InChI is InChI=1S/C17H26ClFN2/c1-4-7-14-10-20-17(3,5-2)12-21(14)11-13-8-6-9-15(18)16(13)19/h6,8-9,14,20H,4-5,7,10-12H2,1-3H3. The van der Waals surface area contributed by atoms with E-state index in [1.165, 1.54) is 0 Å². The van der Waals surface area contributed by atoms with Crippen LogP contribution in [0.25, 0.3) is 0 Å². The Morgan fingerprint density at radius 3 is 2.86 bits per heavy atom. The molecule has 2 unspecified atom stereocenters. The topological polar surface area (TPSA) is 15.3 Å². The Bertz CT molecular complexity index is 480. The summed E-state index contributed by atoms with van der Waals surface area (Å²) in [5.74, 6) is -0.272. The molecule has 1 aliphatic heterocycles. The zero-order valence-electron chi connectivity index (χ0n) is 13.3. The lowest BCUT2D eigenvalue weighted by Gasteiger charge is -2.46. The van der Waals surface area contributed by atoms with Crippen LogP contribution < -0.4 is 5.32 Å². The van der Waals surface area contributed by atoms with E-state index in [9.17, 15) is 4.39 Å². The molecule has 2 atom stereocenters. The average Bonchev–Trinajstić information content (AvgIpc) is 2.47. The highest BCUT2D eigenvalue weighted by atomic mass is 35.5. The van der Waals surface area contributed by atoms with Crippen LogP contribution in [-0.4, -0.2) is 29.6 Å². The highest BCUT2D eigenvalue weighted by molar-refractivity contribution is 6.30. The van der Waals surface area contributed by atoms with Gasteiger partial charge in [-0.05, 0) is 25.8 Å². The zero-order valence-corrected chi connectivity index (χ0v) is 14.0. The van der Waals surface area contributed by atoms with E-state index in [0.717, 1.165) is 32.4 Å². The van der Waals surface area contributed by atoms with Crippen molar-refractivity contribution in [1.82, 2.24) is 10.2 Å². The predicted octanol–water partition coefficient (Wildman–Crippen LogP) is 4.22. The quantitative estimate of drug-likeness (QED) is 0.875. The number of nitrogens with one attached hydrogen (secondary N) is 1. The normalized spacial score (nSPS) is 27.0. The van der Waals surface area contributed by atoms with E-state index in [1.54, 1.807) is 6.07 Å². The van der Waals surface area contributed by atoms with Gasteiger partial charge in [-0.15, -0.1) is 0 Å². The summed E-state index contributed by atoms with van der Waals surface area (Å²) < 4.78 is 14.2. The second kappa shape index (κ2) is 7.08. The molecular weight excluding hydrogens is 287 g/mol. The van der Waals surface area contributed by atoms with Crippen molar-refractivity contribution in [3.05, 3.63) is 34.6 Å². The summed E-state index contributed by atoms with van der Waals surface area (Å²) in [4.78, 5) is 2.41. The fourth-order valence-corrected chi connectivity index (χ4v) is 3.25. The molecule has 1 aliphatic rings. The van der Waals surface area contributed by atoms with Crippen molar-refractivity contribution in [1.29, 1.82) is 0 Å². The smallest absolute Gasteiger partial charge is 0.146 e. The molecule has 4 heteroatoms. The van der Waals surface area contributed by atoms with Gasteiger partial charge in [-0.1, -0.05) is 44.0 Å². The van der Waals surface area contributed by atoms with Crippen LogP contribution in [0.1, 0.15) is 45.6 Å². The first-order chi connectivity index (χ1) is 9.99. The van der Waals surface area contributed by atoms with Crippen LogP contribution in [0.3, 0.4) is 0 Å². The SMILES string of the molecule is CCCC1CNC(C)(CC)CN1Cc1cccc(Cl)c1F. The van der Waals surface area contributed by atoms with E-state index in [4.69, 9.17) is 11.6 Å². The van der Waals surface area contributed by atoms with Crippen molar-refractivity contribution in [2.24, 2.45) is 0 Å². The van der Waals surface area contributed by atoms with E-state index in [1.807, 2.05) is 12.1 Å². The Morgan fingerprint density at radius 1 is 1.43 bits per heavy atom. The van der Waals surface area contributed by atoms with Crippen LogP contribution in [0.4, 0.5) is 4.39 Å². The Balaban J connectivity index is 2.17. The molecule has 1 N–H and O–H groups in total. The van der Waals surface area contributed by atoms with Crippen molar-refractivity contribution in [3.63, 3.8) is 0 Å². The number of nitrogens with zero attached hydrogens (tertiary/aromatic N) is 1. The Morgan fingerprint density at radius 2 is 2.19 bits per heavy atom. The number of piperazine rings is 1. The van der Waals surface area contributed by atoms with Gasteiger partial charge in [-0.2, -0.15) is 0 Å². The lowest BCUT2D eigenvalue weighted by Crippen LogP contribution is -2.62. The molecule has 1 fully saturated rings. The van der Waals surface area contributed by atoms with Gasteiger partial charge >= 0.3 is 0 Å². The lowest BCUT2D eigenvalue weighted by atomic mass is 9.92. The summed E-state index contributed by atoms with van der Waals surface area (Å²) in [5, 5.41) is 3.88. The van der Waals surface area contributed by atoms with Gasteiger partial charge in [0, 0.05) is 36.8 Å². The summed E-state index contributed by atoms with van der Waals surface area (Å²) in [5.41, 5.74) is 0.809. The van der Waals surface area contributed by atoms with E-state index in [2.05, 4.69) is 31.0 Å². The van der Waals surface area contributed by atoms with Crippen molar-refractivity contribution >= 4 is 11.6 Å². The first kappa shape index (κ1) is 16.7. The molecule has 0 amide bonds. The lowest BCUT2D eigenvalue weighted by molar-refractivity contribution is 0.0716. The van der Waals surface area contributed by atoms with Crippen LogP contribution in [0, 0.1) is 5.82 Å². The van der Waals surface area contributed by atoms with E-state index in [-0.39, 0.29) is 16.4 Å². The van der Waals surface area contributed by atoms with Crippen LogP contribution >= 0.6 is 11.6 Å². The zero-order chi connectivity index (χ0) is 15.5. The fourth-order valence-electron chi connectivity index (χ4n) is 3.06. The molecule has 1 saturated heterocycles. The Labute approximate surface area is 132 Å². The van der Waals surface area contributed by atoms with Gasteiger partial charge in [-0.3, -0.25) is 4.90 Å². The third-order valence-corrected chi connectivity index (χ3v) is 4.93. The maximum absolute atomic E-state index is 14.2. The first-order valence-electron chi connectivity index (χ1n) is 7.91. The molecule has 1 heterocycles. The molecular formula is C17H26ClFN2. The van der Waals surface area contributed by atoms with Crippen LogP contribution in [-0.2, 0) is 6.54 Å². The van der Waals surface area contributed by atoms with Crippen molar-refractivity contribution in [2.45, 2.75) is 58.2 Å². The molecule has 21 heavy (non-hydrogen) atoms. The Kier molecular flexibility index (Phi) is 5.64. The summed E-state index contributed by atoms with van der Waals surface area (Å²) in [6, 6.07) is 5.75. The largest absolute Gasteiger partial charge is 0.309 e. The molecule has 1 aromatic rings.